The van der Waals surface area contributed by atoms with Gasteiger partial charge in [0.15, 0.2) is 0 Å². The van der Waals surface area contributed by atoms with E-state index in [0.717, 1.165) is 41.0 Å². The van der Waals surface area contributed by atoms with Gasteiger partial charge in [0, 0.05) is 35.8 Å². The van der Waals surface area contributed by atoms with Crippen LogP contribution in [-0.2, 0) is 17.8 Å². The van der Waals surface area contributed by atoms with Gasteiger partial charge in [0.05, 0.1) is 0 Å². The molecule has 4 bridgehead atoms. The van der Waals surface area contributed by atoms with Crippen LogP contribution in [0.25, 0.3) is 0 Å². The minimum atomic E-state index is 0.00773. The lowest BCUT2D eigenvalue weighted by atomic mass is 9.49. The lowest BCUT2D eigenvalue weighted by molar-refractivity contribution is -0.124. The fourth-order valence-corrected chi connectivity index (χ4v) is 7.91. The number of hydrogen-bond acceptors (Lipinski definition) is 2. The van der Waals surface area contributed by atoms with E-state index < -0.39 is 0 Å². The number of nitrogens with zero attached hydrogens (tertiary/aromatic N) is 1. The zero-order valence-corrected chi connectivity index (χ0v) is 19.7. The molecular formula is C28H31ClN2O2. The first kappa shape index (κ1) is 21.2. The van der Waals surface area contributed by atoms with Crippen LogP contribution in [0.4, 0.5) is 5.69 Å². The van der Waals surface area contributed by atoms with Crippen LogP contribution in [0, 0.1) is 23.2 Å². The minimum Gasteiger partial charge on any atom is -0.334 e. The molecule has 1 heterocycles. The third-order valence-corrected chi connectivity index (χ3v) is 8.99. The first-order valence-corrected chi connectivity index (χ1v) is 12.8. The number of anilines is 1. The molecule has 0 unspecified atom stereocenters. The molecule has 5 heteroatoms. The van der Waals surface area contributed by atoms with Gasteiger partial charge in [0.1, 0.15) is 0 Å². The van der Waals surface area contributed by atoms with Crippen LogP contribution in [0.2, 0.25) is 5.02 Å². The normalized spacial score (nSPS) is 29.8. The van der Waals surface area contributed by atoms with Crippen LogP contribution < -0.4 is 5.32 Å². The van der Waals surface area contributed by atoms with Crippen LogP contribution in [-0.4, -0.2) is 23.3 Å². The molecule has 7 rings (SSSR count). The summed E-state index contributed by atoms with van der Waals surface area (Å²) in [5, 5.41) is 3.89. The molecule has 172 valence electrons. The largest absolute Gasteiger partial charge is 0.334 e. The lowest BCUT2D eigenvalue weighted by Gasteiger charge is -2.56. The van der Waals surface area contributed by atoms with Crippen molar-refractivity contribution in [1.29, 1.82) is 0 Å². The van der Waals surface area contributed by atoms with Crippen molar-refractivity contribution >= 4 is 29.1 Å². The summed E-state index contributed by atoms with van der Waals surface area (Å²) in [7, 11) is 0. The molecule has 5 aliphatic rings. The number of hydrogen-bond donors (Lipinski definition) is 1. The molecule has 1 N–H and O–H groups in total. The maximum atomic E-state index is 13.2. The summed E-state index contributed by atoms with van der Waals surface area (Å²) in [6, 6.07) is 13.4. The van der Waals surface area contributed by atoms with Crippen molar-refractivity contribution in [3.63, 3.8) is 0 Å². The molecule has 0 saturated heterocycles. The summed E-state index contributed by atoms with van der Waals surface area (Å²) in [4.78, 5) is 28.3. The van der Waals surface area contributed by atoms with E-state index in [1.54, 1.807) is 0 Å². The van der Waals surface area contributed by atoms with Gasteiger partial charge in [-0.05, 0) is 97.4 Å². The molecular weight excluding hydrogens is 432 g/mol. The fourth-order valence-electron chi connectivity index (χ4n) is 7.72. The first-order valence-electron chi connectivity index (χ1n) is 12.4. The van der Waals surface area contributed by atoms with E-state index in [2.05, 4.69) is 5.32 Å². The summed E-state index contributed by atoms with van der Waals surface area (Å²) >= 11 is 6.32. The van der Waals surface area contributed by atoms with Crippen LogP contribution >= 0.6 is 11.6 Å². The van der Waals surface area contributed by atoms with Gasteiger partial charge in [-0.15, -0.1) is 0 Å². The third-order valence-electron chi connectivity index (χ3n) is 8.62. The number of halogens is 1. The molecule has 4 aliphatic carbocycles. The van der Waals surface area contributed by atoms with E-state index in [4.69, 9.17) is 11.6 Å². The molecule has 0 spiro atoms. The van der Waals surface area contributed by atoms with Crippen molar-refractivity contribution in [3.8, 4) is 0 Å². The average Bonchev–Trinajstić information content (AvgIpc) is 2.76. The van der Waals surface area contributed by atoms with Crippen LogP contribution in [0.15, 0.2) is 42.5 Å². The number of nitrogens with one attached hydrogen (secondary N) is 1. The Labute approximate surface area is 200 Å². The molecule has 0 aromatic heterocycles. The second-order valence-corrected chi connectivity index (χ2v) is 11.4. The summed E-state index contributed by atoms with van der Waals surface area (Å²) in [5.41, 5.74) is 3.65. The Kier molecular flexibility index (Phi) is 5.25. The molecule has 0 radical (unpaired) electrons. The maximum Gasteiger partial charge on any atom is 0.254 e. The van der Waals surface area contributed by atoms with Crippen LogP contribution in [0.1, 0.15) is 66.4 Å². The number of carbonyl (C=O) groups excluding carboxylic acids is 2. The number of amides is 2. The Bertz CT molecular complexity index is 1080. The lowest BCUT2D eigenvalue weighted by Crippen LogP contribution is -2.47. The Balaban J connectivity index is 1.17. The summed E-state index contributed by atoms with van der Waals surface area (Å²) in [5.74, 6) is 2.66. The molecule has 33 heavy (non-hydrogen) atoms. The Morgan fingerprint density at radius 3 is 2.39 bits per heavy atom. The molecule has 4 saturated carbocycles. The monoisotopic (exact) mass is 462 g/mol. The predicted octanol–water partition coefficient (Wildman–Crippen LogP) is 6.08. The van der Waals surface area contributed by atoms with E-state index >= 15 is 0 Å². The summed E-state index contributed by atoms with van der Waals surface area (Å²) in [6.07, 6.45) is 9.23. The number of benzene rings is 2. The van der Waals surface area contributed by atoms with Gasteiger partial charge in [0.2, 0.25) is 5.91 Å². The number of fused-ring (bicyclic) bond motifs is 1. The van der Waals surface area contributed by atoms with Crippen molar-refractivity contribution < 1.29 is 9.59 Å². The molecule has 4 fully saturated rings. The molecule has 2 aromatic rings. The predicted molar refractivity (Wildman–Crippen MR) is 130 cm³/mol. The highest BCUT2D eigenvalue weighted by Crippen LogP contribution is 2.61. The molecule has 2 amide bonds. The quantitative estimate of drug-likeness (QED) is 0.585. The van der Waals surface area contributed by atoms with Gasteiger partial charge in [-0.2, -0.15) is 0 Å². The highest BCUT2D eigenvalue weighted by atomic mass is 35.5. The van der Waals surface area contributed by atoms with Gasteiger partial charge < -0.3 is 10.2 Å². The highest BCUT2D eigenvalue weighted by Gasteiger charge is 2.51. The first-order chi connectivity index (χ1) is 16.0. The number of rotatable bonds is 5. The Morgan fingerprint density at radius 1 is 1.00 bits per heavy atom. The average molecular weight is 463 g/mol. The topological polar surface area (TPSA) is 49.4 Å². The molecule has 2 aromatic carbocycles. The van der Waals surface area contributed by atoms with Crippen molar-refractivity contribution in [2.75, 3.05) is 11.9 Å². The maximum absolute atomic E-state index is 13.2. The van der Waals surface area contributed by atoms with E-state index in [0.29, 0.717) is 30.1 Å². The second kappa shape index (κ2) is 8.16. The zero-order chi connectivity index (χ0) is 22.6. The second-order valence-electron chi connectivity index (χ2n) is 11.0. The van der Waals surface area contributed by atoms with E-state index in [1.807, 2.05) is 47.4 Å². The van der Waals surface area contributed by atoms with Gasteiger partial charge in [-0.1, -0.05) is 35.9 Å². The summed E-state index contributed by atoms with van der Waals surface area (Å²) < 4.78 is 0. The van der Waals surface area contributed by atoms with Crippen molar-refractivity contribution in [2.24, 2.45) is 23.2 Å². The minimum absolute atomic E-state index is 0.00773. The van der Waals surface area contributed by atoms with Gasteiger partial charge in [-0.25, -0.2) is 0 Å². The standard InChI is InChI=1S/C28H31ClN2O2/c29-24-6-2-1-4-21(24)17-31-9-8-22-23(27(31)33)5-3-7-25(22)30-26(32)16-28-13-18-10-19(14-28)12-20(11-18)15-28/h1-7,18-20H,8-17H2,(H,30,32). The van der Waals surface area contributed by atoms with E-state index in [9.17, 15) is 9.59 Å². The molecule has 4 nitrogen and oxygen atoms in total. The third kappa shape index (κ3) is 3.97. The molecule has 1 aliphatic heterocycles. The molecule has 0 atom stereocenters. The smallest absolute Gasteiger partial charge is 0.254 e. The van der Waals surface area contributed by atoms with Gasteiger partial charge in [-0.3, -0.25) is 9.59 Å². The van der Waals surface area contributed by atoms with Crippen molar-refractivity contribution in [2.45, 2.75) is 57.9 Å². The van der Waals surface area contributed by atoms with Gasteiger partial charge >= 0.3 is 0 Å². The fraction of sp³-hybridized carbons (Fsp3) is 0.500. The Hall–Kier alpha value is -2.33. The van der Waals surface area contributed by atoms with Gasteiger partial charge in [0.25, 0.3) is 5.91 Å². The zero-order valence-electron chi connectivity index (χ0n) is 19.0. The van der Waals surface area contributed by atoms with Crippen LogP contribution in [0.3, 0.4) is 0 Å². The SMILES string of the molecule is O=C(CC12CC3CC(CC(C3)C1)C2)Nc1cccc2c1CCN(Cc1ccccc1Cl)C2=O. The van der Waals surface area contributed by atoms with Crippen molar-refractivity contribution in [3.05, 3.63) is 64.2 Å². The van der Waals surface area contributed by atoms with Crippen molar-refractivity contribution in [1.82, 2.24) is 4.90 Å². The Morgan fingerprint density at radius 2 is 1.70 bits per heavy atom. The summed E-state index contributed by atoms with van der Waals surface area (Å²) in [6.45, 7) is 1.12. The van der Waals surface area contributed by atoms with E-state index in [-0.39, 0.29) is 17.2 Å². The number of carbonyl (C=O) groups is 2. The van der Waals surface area contributed by atoms with E-state index in [1.165, 1.54) is 38.5 Å². The van der Waals surface area contributed by atoms with Crippen LogP contribution in [0.5, 0.6) is 0 Å². The highest BCUT2D eigenvalue weighted by molar-refractivity contribution is 6.31.